The van der Waals surface area contributed by atoms with E-state index in [9.17, 15) is 4.79 Å². The minimum absolute atomic E-state index is 0.201. The average Bonchev–Trinajstić information content (AvgIpc) is 2.54. The molecule has 2 rings (SSSR count). The van der Waals surface area contributed by atoms with E-state index >= 15 is 0 Å². The average molecular weight is 357 g/mol. The summed E-state index contributed by atoms with van der Waals surface area (Å²) >= 11 is 0. The summed E-state index contributed by atoms with van der Waals surface area (Å²) in [6.07, 6.45) is 0.959. The molecule has 146 valence electrons. The lowest BCUT2D eigenvalue weighted by Gasteiger charge is -2.45. The molecule has 25 heavy (non-hydrogen) atoms. The Morgan fingerprint density at radius 2 is 1.96 bits per heavy atom. The summed E-state index contributed by atoms with van der Waals surface area (Å²) in [5.41, 5.74) is -0.441. The smallest absolute Gasteiger partial charge is 0.410 e. The molecule has 7 heteroatoms. The van der Waals surface area contributed by atoms with E-state index in [2.05, 4.69) is 22.2 Å². The molecule has 2 N–H and O–H groups in total. The first kappa shape index (κ1) is 20.4. The molecule has 0 spiro atoms. The number of amides is 1. The van der Waals surface area contributed by atoms with Crippen LogP contribution in [0.5, 0.6) is 0 Å². The van der Waals surface area contributed by atoms with Crippen molar-refractivity contribution in [2.75, 3.05) is 66.0 Å². The number of nitrogens with one attached hydrogen (secondary N) is 1. The molecular formula is C18H36N4O3. The summed E-state index contributed by atoms with van der Waals surface area (Å²) in [6, 6.07) is 0.496. The van der Waals surface area contributed by atoms with Crippen LogP contribution in [0, 0.1) is 5.92 Å². The number of rotatable bonds is 5. The molecule has 2 atom stereocenters. The topological polar surface area (TPSA) is 68.3 Å². The highest BCUT2D eigenvalue weighted by atomic mass is 16.6. The van der Waals surface area contributed by atoms with Gasteiger partial charge in [-0.25, -0.2) is 4.79 Å². The number of carbonyl (C=O) groups is 1. The van der Waals surface area contributed by atoms with Gasteiger partial charge < -0.3 is 25.0 Å². The molecule has 0 saturated carbocycles. The summed E-state index contributed by atoms with van der Waals surface area (Å²) < 4.78 is 5.48. The first-order valence-electron chi connectivity index (χ1n) is 9.52. The third-order valence-corrected chi connectivity index (χ3v) is 5.05. The Kier molecular flexibility index (Phi) is 7.49. The molecule has 0 radical (unpaired) electrons. The number of carbonyl (C=O) groups excluding carboxylic acids is 1. The second-order valence-electron chi connectivity index (χ2n) is 8.31. The van der Waals surface area contributed by atoms with E-state index in [4.69, 9.17) is 9.84 Å². The number of piperazine rings is 1. The van der Waals surface area contributed by atoms with Crippen molar-refractivity contribution in [3.05, 3.63) is 0 Å². The standard InChI is InChI=1S/C18H36N4O3/c1-18(2,3)25-17(24)22-9-7-21(8-10-22)16-13-19-6-5-15(16)14-20(4)11-12-23/h15-16,19,23H,5-14H2,1-4H3. The maximum atomic E-state index is 12.2. The Labute approximate surface area is 152 Å². The minimum atomic E-state index is -0.441. The Bertz CT molecular complexity index is 419. The van der Waals surface area contributed by atoms with Crippen LogP contribution in [0.25, 0.3) is 0 Å². The van der Waals surface area contributed by atoms with Crippen molar-refractivity contribution in [3.63, 3.8) is 0 Å². The van der Waals surface area contributed by atoms with Crippen LogP contribution in [-0.2, 0) is 4.74 Å². The highest BCUT2D eigenvalue weighted by Crippen LogP contribution is 2.21. The fourth-order valence-electron chi connectivity index (χ4n) is 3.76. The van der Waals surface area contributed by atoms with Gasteiger partial charge in [-0.1, -0.05) is 0 Å². The van der Waals surface area contributed by atoms with Gasteiger partial charge in [0.1, 0.15) is 5.60 Å². The molecule has 2 aliphatic heterocycles. The fourth-order valence-corrected chi connectivity index (χ4v) is 3.76. The number of likely N-dealkylation sites (N-methyl/N-ethyl adjacent to an activating group) is 1. The third kappa shape index (κ3) is 6.40. The summed E-state index contributed by atoms with van der Waals surface area (Å²) in [4.78, 5) is 18.8. The molecule has 1 amide bonds. The summed E-state index contributed by atoms with van der Waals surface area (Å²) in [5, 5.41) is 12.6. The molecule has 7 nitrogen and oxygen atoms in total. The van der Waals surface area contributed by atoms with Crippen LogP contribution in [0.15, 0.2) is 0 Å². The van der Waals surface area contributed by atoms with Gasteiger partial charge in [-0.15, -0.1) is 0 Å². The lowest BCUT2D eigenvalue weighted by molar-refractivity contribution is 0.00251. The first-order valence-corrected chi connectivity index (χ1v) is 9.52. The summed E-state index contributed by atoms with van der Waals surface area (Å²) in [7, 11) is 2.08. The monoisotopic (exact) mass is 356 g/mol. The van der Waals surface area contributed by atoms with Gasteiger partial charge >= 0.3 is 6.09 Å². The molecule has 0 aliphatic carbocycles. The Hall–Kier alpha value is -0.890. The zero-order valence-corrected chi connectivity index (χ0v) is 16.3. The lowest BCUT2D eigenvalue weighted by Crippen LogP contribution is -2.59. The minimum Gasteiger partial charge on any atom is -0.444 e. The number of aliphatic hydroxyl groups is 1. The van der Waals surface area contributed by atoms with E-state index in [0.29, 0.717) is 12.0 Å². The zero-order chi connectivity index (χ0) is 18.4. The maximum Gasteiger partial charge on any atom is 0.410 e. The van der Waals surface area contributed by atoms with Gasteiger partial charge in [0, 0.05) is 51.9 Å². The van der Waals surface area contributed by atoms with Gasteiger partial charge in [0.15, 0.2) is 0 Å². The molecule has 0 aromatic heterocycles. The Morgan fingerprint density at radius 3 is 2.56 bits per heavy atom. The second kappa shape index (κ2) is 9.16. The SMILES string of the molecule is CN(CCO)CC1CCNCC1N1CCN(C(=O)OC(C)(C)C)CC1. The van der Waals surface area contributed by atoms with E-state index in [1.165, 1.54) is 0 Å². The van der Waals surface area contributed by atoms with E-state index < -0.39 is 5.60 Å². The molecule has 2 heterocycles. The van der Waals surface area contributed by atoms with Gasteiger partial charge in [0.05, 0.1) is 6.61 Å². The second-order valence-corrected chi connectivity index (χ2v) is 8.31. The molecular weight excluding hydrogens is 320 g/mol. The van der Waals surface area contributed by atoms with Crippen LogP contribution < -0.4 is 5.32 Å². The van der Waals surface area contributed by atoms with Crippen LogP contribution in [0.2, 0.25) is 0 Å². The normalized spacial score (nSPS) is 26.1. The van der Waals surface area contributed by atoms with E-state index in [1.807, 2.05) is 25.7 Å². The van der Waals surface area contributed by atoms with Gasteiger partial charge in [-0.2, -0.15) is 0 Å². The van der Waals surface area contributed by atoms with Crippen LogP contribution in [0.3, 0.4) is 0 Å². The molecule has 2 fully saturated rings. The maximum absolute atomic E-state index is 12.2. The van der Waals surface area contributed by atoms with Crippen LogP contribution in [-0.4, -0.2) is 104 Å². The predicted octanol–water partition coefficient (Wildman–Crippen LogP) is 0.441. The van der Waals surface area contributed by atoms with Crippen molar-refractivity contribution < 1.29 is 14.6 Å². The first-order chi connectivity index (χ1) is 11.8. The lowest BCUT2D eigenvalue weighted by atomic mass is 9.90. The van der Waals surface area contributed by atoms with E-state index in [0.717, 1.165) is 58.8 Å². The molecule has 0 aromatic rings. The van der Waals surface area contributed by atoms with Crippen molar-refractivity contribution in [2.45, 2.75) is 38.8 Å². The van der Waals surface area contributed by atoms with E-state index in [-0.39, 0.29) is 12.7 Å². The fraction of sp³-hybridized carbons (Fsp3) is 0.944. The largest absolute Gasteiger partial charge is 0.444 e. The highest BCUT2D eigenvalue weighted by molar-refractivity contribution is 5.68. The highest BCUT2D eigenvalue weighted by Gasteiger charge is 2.34. The van der Waals surface area contributed by atoms with Gasteiger partial charge in [-0.3, -0.25) is 4.90 Å². The molecule has 2 saturated heterocycles. The van der Waals surface area contributed by atoms with Crippen molar-refractivity contribution in [1.82, 2.24) is 20.0 Å². The number of piperidine rings is 1. The molecule has 2 unspecified atom stereocenters. The predicted molar refractivity (Wildman–Crippen MR) is 98.7 cm³/mol. The van der Waals surface area contributed by atoms with E-state index in [1.54, 1.807) is 0 Å². The zero-order valence-electron chi connectivity index (χ0n) is 16.3. The number of aliphatic hydroxyl groups excluding tert-OH is 1. The number of ether oxygens (including phenoxy) is 1. The van der Waals surface area contributed by atoms with Crippen molar-refractivity contribution in [1.29, 1.82) is 0 Å². The van der Waals surface area contributed by atoms with Crippen LogP contribution in [0.4, 0.5) is 4.79 Å². The number of hydrogen-bond donors (Lipinski definition) is 2. The third-order valence-electron chi connectivity index (χ3n) is 5.05. The molecule has 2 aliphatic rings. The number of hydrogen-bond acceptors (Lipinski definition) is 6. The van der Waals surface area contributed by atoms with Gasteiger partial charge in [0.2, 0.25) is 0 Å². The van der Waals surface area contributed by atoms with Crippen molar-refractivity contribution in [2.24, 2.45) is 5.92 Å². The van der Waals surface area contributed by atoms with Crippen LogP contribution >= 0.6 is 0 Å². The number of nitrogens with zero attached hydrogens (tertiary/aromatic N) is 3. The Morgan fingerprint density at radius 1 is 1.28 bits per heavy atom. The van der Waals surface area contributed by atoms with Crippen molar-refractivity contribution >= 4 is 6.09 Å². The molecule has 0 aromatic carbocycles. The quantitative estimate of drug-likeness (QED) is 0.745. The molecule has 0 bridgehead atoms. The van der Waals surface area contributed by atoms with Gasteiger partial charge in [-0.05, 0) is 46.7 Å². The van der Waals surface area contributed by atoms with Crippen molar-refractivity contribution in [3.8, 4) is 0 Å². The van der Waals surface area contributed by atoms with Gasteiger partial charge in [0.25, 0.3) is 0 Å². The van der Waals surface area contributed by atoms with Crippen LogP contribution in [0.1, 0.15) is 27.2 Å². The summed E-state index contributed by atoms with van der Waals surface area (Å²) in [5.74, 6) is 0.603. The summed E-state index contributed by atoms with van der Waals surface area (Å²) in [6.45, 7) is 13.0. The Balaban J connectivity index is 1.86.